The summed E-state index contributed by atoms with van der Waals surface area (Å²) in [6, 6.07) is 9.81. The molecule has 1 aromatic carbocycles. The van der Waals surface area contributed by atoms with Crippen molar-refractivity contribution >= 4 is 17.5 Å². The molecule has 0 heterocycles. The first-order valence-electron chi connectivity index (χ1n) is 7.49. The number of carbonyl (C=O) groups is 1. The number of nitriles is 1. The highest BCUT2D eigenvalue weighted by atomic mass is 35.5. The summed E-state index contributed by atoms with van der Waals surface area (Å²) in [6.45, 7) is 0.489. The van der Waals surface area contributed by atoms with Crippen LogP contribution < -0.4 is 0 Å². The van der Waals surface area contributed by atoms with Gasteiger partial charge in [0, 0.05) is 18.6 Å². The second-order valence-corrected chi connectivity index (χ2v) is 6.34. The molecule has 0 aliphatic heterocycles. The second kappa shape index (κ2) is 6.95. The first kappa shape index (κ1) is 15.9. The van der Waals surface area contributed by atoms with Crippen LogP contribution in [0.4, 0.5) is 0 Å². The molecule has 1 aliphatic rings. The highest BCUT2D eigenvalue weighted by Gasteiger charge is 2.40. The fraction of sp³-hybridized carbons (Fsp3) is 0.529. The highest BCUT2D eigenvalue weighted by molar-refractivity contribution is 6.30. The molecule has 1 fully saturated rings. The van der Waals surface area contributed by atoms with Gasteiger partial charge < -0.3 is 4.90 Å². The second-order valence-electron chi connectivity index (χ2n) is 5.90. The van der Waals surface area contributed by atoms with E-state index in [4.69, 9.17) is 11.6 Å². The van der Waals surface area contributed by atoms with Crippen LogP contribution >= 0.6 is 11.6 Å². The molecule has 3 nitrogen and oxygen atoms in total. The van der Waals surface area contributed by atoms with Gasteiger partial charge in [0.05, 0.1) is 6.07 Å². The van der Waals surface area contributed by atoms with Crippen LogP contribution in [0.15, 0.2) is 24.3 Å². The number of hydrogen-bond donors (Lipinski definition) is 0. The Morgan fingerprint density at radius 2 is 2.00 bits per heavy atom. The van der Waals surface area contributed by atoms with Gasteiger partial charge in [-0.1, -0.05) is 49.4 Å². The Morgan fingerprint density at radius 3 is 2.57 bits per heavy atom. The zero-order chi connectivity index (χ0) is 15.3. The summed E-state index contributed by atoms with van der Waals surface area (Å²) in [6.07, 6.45) is 5.53. The Morgan fingerprint density at radius 1 is 1.33 bits per heavy atom. The van der Waals surface area contributed by atoms with Gasteiger partial charge in [0.2, 0.25) is 5.91 Å². The molecule has 0 unspecified atom stereocenters. The molecule has 0 saturated heterocycles. The first-order chi connectivity index (χ1) is 10.1. The average Bonchev–Trinajstić information content (AvgIpc) is 2.72. The van der Waals surface area contributed by atoms with E-state index < -0.39 is 5.41 Å². The van der Waals surface area contributed by atoms with Crippen LogP contribution in [-0.4, -0.2) is 17.9 Å². The van der Waals surface area contributed by atoms with Crippen molar-refractivity contribution in [3.63, 3.8) is 0 Å². The van der Waals surface area contributed by atoms with Crippen molar-refractivity contribution in [2.45, 2.75) is 45.1 Å². The largest absolute Gasteiger partial charge is 0.340 e. The van der Waals surface area contributed by atoms with Crippen molar-refractivity contribution in [1.82, 2.24) is 4.90 Å². The third-order valence-electron chi connectivity index (χ3n) is 4.24. The van der Waals surface area contributed by atoms with E-state index in [1.165, 1.54) is 0 Å². The predicted molar refractivity (Wildman–Crippen MR) is 83.7 cm³/mol. The molecule has 0 spiro atoms. The first-order valence-corrected chi connectivity index (χ1v) is 7.86. The van der Waals surface area contributed by atoms with Gasteiger partial charge in [-0.25, -0.2) is 0 Å². The summed E-state index contributed by atoms with van der Waals surface area (Å²) in [5, 5.41) is 10.2. The van der Waals surface area contributed by atoms with E-state index in [0.717, 1.165) is 31.2 Å². The minimum atomic E-state index is -0.830. The third-order valence-corrected chi connectivity index (χ3v) is 4.47. The molecule has 0 N–H and O–H groups in total. The molecule has 0 bridgehead atoms. The van der Waals surface area contributed by atoms with Crippen LogP contribution in [0.1, 0.15) is 44.1 Å². The van der Waals surface area contributed by atoms with Crippen LogP contribution in [0.25, 0.3) is 0 Å². The van der Waals surface area contributed by atoms with Gasteiger partial charge in [-0.15, -0.1) is 0 Å². The Hall–Kier alpha value is -1.53. The van der Waals surface area contributed by atoms with Crippen LogP contribution in [-0.2, 0) is 11.3 Å². The van der Waals surface area contributed by atoms with Crippen LogP contribution in [0.3, 0.4) is 0 Å². The summed E-state index contributed by atoms with van der Waals surface area (Å²) in [7, 11) is 1.77. The van der Waals surface area contributed by atoms with Crippen LogP contribution in [0.2, 0.25) is 5.02 Å². The van der Waals surface area contributed by atoms with E-state index in [0.29, 0.717) is 24.4 Å². The Bertz CT molecular complexity index is 542. The normalized spacial score (nSPS) is 17.6. The molecule has 1 aliphatic carbocycles. The number of hydrogen-bond acceptors (Lipinski definition) is 2. The Kier molecular flexibility index (Phi) is 5.25. The van der Waals surface area contributed by atoms with E-state index in [2.05, 4.69) is 6.07 Å². The SMILES string of the molecule is CN(Cc1cccc(Cl)c1)C(=O)C1(C#N)CCCCCC1. The van der Waals surface area contributed by atoms with Gasteiger partial charge in [0.25, 0.3) is 0 Å². The van der Waals surface area contributed by atoms with Crippen molar-refractivity contribution in [1.29, 1.82) is 5.26 Å². The van der Waals surface area contributed by atoms with E-state index in [9.17, 15) is 10.1 Å². The number of rotatable bonds is 3. The van der Waals surface area contributed by atoms with Crippen molar-refractivity contribution < 1.29 is 4.79 Å². The number of nitrogens with zero attached hydrogens (tertiary/aromatic N) is 2. The van der Waals surface area contributed by atoms with Crippen LogP contribution in [0, 0.1) is 16.7 Å². The summed E-state index contributed by atoms with van der Waals surface area (Å²) in [5.41, 5.74) is 0.157. The molecule has 112 valence electrons. The smallest absolute Gasteiger partial charge is 0.243 e. The average molecular weight is 305 g/mol. The molecule has 4 heteroatoms. The standard InChI is InChI=1S/C17H21ClN2O/c1-20(12-14-7-6-8-15(18)11-14)16(21)17(13-19)9-4-2-3-5-10-17/h6-8,11H,2-5,9-10,12H2,1H3. The Labute approximate surface area is 131 Å². The Balaban J connectivity index is 2.11. The van der Waals surface area contributed by atoms with Gasteiger partial charge in [-0.2, -0.15) is 5.26 Å². The zero-order valence-corrected chi connectivity index (χ0v) is 13.2. The zero-order valence-electron chi connectivity index (χ0n) is 12.4. The van der Waals surface area contributed by atoms with E-state index in [1.807, 2.05) is 24.3 Å². The van der Waals surface area contributed by atoms with Crippen molar-refractivity contribution in [3.8, 4) is 6.07 Å². The molecule has 1 saturated carbocycles. The highest BCUT2D eigenvalue weighted by Crippen LogP contribution is 2.36. The molecule has 1 aromatic rings. The topological polar surface area (TPSA) is 44.1 Å². The monoisotopic (exact) mass is 304 g/mol. The lowest BCUT2D eigenvalue weighted by molar-refractivity contribution is -0.138. The van der Waals surface area contributed by atoms with Gasteiger partial charge in [0.1, 0.15) is 5.41 Å². The number of carbonyl (C=O) groups excluding carboxylic acids is 1. The number of halogens is 1. The maximum Gasteiger partial charge on any atom is 0.243 e. The molecule has 2 rings (SSSR count). The molecule has 21 heavy (non-hydrogen) atoms. The van der Waals surface area contributed by atoms with Gasteiger partial charge >= 0.3 is 0 Å². The van der Waals surface area contributed by atoms with E-state index in [1.54, 1.807) is 11.9 Å². The fourth-order valence-electron chi connectivity index (χ4n) is 3.05. The van der Waals surface area contributed by atoms with Crippen molar-refractivity contribution in [3.05, 3.63) is 34.9 Å². The van der Waals surface area contributed by atoms with Crippen LogP contribution in [0.5, 0.6) is 0 Å². The molecule has 1 amide bonds. The lowest BCUT2D eigenvalue weighted by Crippen LogP contribution is -2.40. The number of benzene rings is 1. The lowest BCUT2D eigenvalue weighted by atomic mass is 9.80. The van der Waals surface area contributed by atoms with Gasteiger partial charge in [0.15, 0.2) is 0 Å². The summed E-state index contributed by atoms with van der Waals surface area (Å²) in [5.74, 6) is -0.0492. The number of amides is 1. The summed E-state index contributed by atoms with van der Waals surface area (Å²) in [4.78, 5) is 14.4. The quantitative estimate of drug-likeness (QED) is 0.787. The maximum atomic E-state index is 12.8. The summed E-state index contributed by atoms with van der Waals surface area (Å²) < 4.78 is 0. The van der Waals surface area contributed by atoms with E-state index in [-0.39, 0.29) is 5.91 Å². The molecule has 0 atom stereocenters. The van der Waals surface area contributed by atoms with Crippen molar-refractivity contribution in [2.75, 3.05) is 7.05 Å². The third kappa shape index (κ3) is 3.77. The molecular weight excluding hydrogens is 284 g/mol. The van der Waals surface area contributed by atoms with Crippen molar-refractivity contribution in [2.24, 2.45) is 5.41 Å². The van der Waals surface area contributed by atoms with Gasteiger partial charge in [-0.3, -0.25) is 4.79 Å². The van der Waals surface area contributed by atoms with E-state index >= 15 is 0 Å². The molecular formula is C17H21ClN2O. The minimum Gasteiger partial charge on any atom is -0.340 e. The molecule has 0 radical (unpaired) electrons. The molecule has 0 aromatic heterocycles. The minimum absolute atomic E-state index is 0.0492. The van der Waals surface area contributed by atoms with Gasteiger partial charge in [-0.05, 0) is 30.5 Å². The fourth-order valence-corrected chi connectivity index (χ4v) is 3.26. The summed E-state index contributed by atoms with van der Waals surface area (Å²) >= 11 is 5.98. The predicted octanol–water partition coefficient (Wildman–Crippen LogP) is 4.16. The maximum absolute atomic E-state index is 12.8. The lowest BCUT2D eigenvalue weighted by Gasteiger charge is -2.29.